The Morgan fingerprint density at radius 1 is 1.27 bits per heavy atom. The van der Waals surface area contributed by atoms with E-state index in [-0.39, 0.29) is 12.3 Å². The van der Waals surface area contributed by atoms with Gasteiger partial charge in [-0.2, -0.15) is 0 Å². The van der Waals surface area contributed by atoms with E-state index in [1.54, 1.807) is 0 Å². The number of hydrogen-bond donors (Lipinski definition) is 1. The lowest BCUT2D eigenvalue weighted by Gasteiger charge is -2.10. The first-order chi connectivity index (χ1) is 7.33. The largest absolute Gasteiger partial charge is 0.454 e. The van der Waals surface area contributed by atoms with Crippen molar-refractivity contribution >= 4 is 0 Å². The number of ether oxygens (including phenoxy) is 3. The van der Waals surface area contributed by atoms with Crippen molar-refractivity contribution in [3.8, 4) is 11.5 Å². The Balaban J connectivity index is 1.87. The van der Waals surface area contributed by atoms with Gasteiger partial charge in [-0.3, -0.25) is 5.32 Å². The van der Waals surface area contributed by atoms with Crippen molar-refractivity contribution in [2.24, 2.45) is 0 Å². The van der Waals surface area contributed by atoms with Gasteiger partial charge in [0.25, 0.3) is 0 Å². The fourth-order valence-electron chi connectivity index (χ4n) is 1.93. The maximum Gasteiger partial charge on any atom is 0.231 e. The third kappa shape index (κ3) is 1.56. The average Bonchev–Trinajstić information content (AvgIpc) is 2.84. The number of nitrogens with one attached hydrogen (secondary N) is 1. The second-order valence-electron chi connectivity index (χ2n) is 3.79. The number of hydrogen-bond acceptors (Lipinski definition) is 4. The minimum atomic E-state index is 0.120. The van der Waals surface area contributed by atoms with E-state index < -0.39 is 0 Å². The summed E-state index contributed by atoms with van der Waals surface area (Å²) in [5.74, 6) is 1.63. The number of fused-ring (bicyclic) bond motifs is 1. The Kier molecular flexibility index (Phi) is 2.04. The number of benzene rings is 1. The molecule has 1 fully saturated rings. The normalized spacial score (nSPS) is 28.3. The van der Waals surface area contributed by atoms with Gasteiger partial charge in [0.05, 0.1) is 6.10 Å². The Hall–Kier alpha value is -1.26. The topological polar surface area (TPSA) is 39.7 Å². The highest BCUT2D eigenvalue weighted by Gasteiger charge is 2.24. The molecule has 1 saturated heterocycles. The summed E-state index contributed by atoms with van der Waals surface area (Å²) in [6, 6.07) is 5.95. The first kappa shape index (κ1) is 9.00. The molecule has 0 radical (unpaired) electrons. The predicted molar refractivity (Wildman–Crippen MR) is 53.9 cm³/mol. The van der Waals surface area contributed by atoms with Gasteiger partial charge < -0.3 is 14.2 Å². The van der Waals surface area contributed by atoms with Crippen LogP contribution >= 0.6 is 0 Å². The molecule has 2 aliphatic rings. The first-order valence-electron chi connectivity index (χ1n) is 5.11. The molecule has 0 amide bonds. The molecule has 2 atom stereocenters. The first-order valence-corrected chi connectivity index (χ1v) is 5.11. The summed E-state index contributed by atoms with van der Waals surface area (Å²) in [5, 5.41) is 3.24. The molecule has 0 spiro atoms. The molecule has 0 aliphatic carbocycles. The van der Waals surface area contributed by atoms with Crippen molar-refractivity contribution in [3.05, 3.63) is 23.8 Å². The molecule has 1 aromatic carbocycles. The summed E-state index contributed by atoms with van der Waals surface area (Å²) in [6.07, 6.45) is 0.245. The molecule has 2 heterocycles. The van der Waals surface area contributed by atoms with Crippen LogP contribution in [0.15, 0.2) is 18.2 Å². The van der Waals surface area contributed by atoms with Crippen LogP contribution in [0.5, 0.6) is 11.5 Å². The molecular weight excluding hydrogens is 194 g/mol. The van der Waals surface area contributed by atoms with Crippen LogP contribution < -0.4 is 14.8 Å². The third-order valence-electron chi connectivity index (χ3n) is 2.73. The molecule has 0 saturated carbocycles. The molecule has 0 bridgehead atoms. The zero-order valence-corrected chi connectivity index (χ0v) is 8.53. The van der Waals surface area contributed by atoms with Crippen molar-refractivity contribution in [1.82, 2.24) is 5.32 Å². The standard InChI is InChI=1S/C11H13NO3/c1-7-12-5-11(15-7)8-2-3-9-10(4-8)14-6-13-9/h2-4,7,11-12H,5-6H2,1H3. The molecule has 15 heavy (non-hydrogen) atoms. The summed E-state index contributed by atoms with van der Waals surface area (Å²) in [4.78, 5) is 0. The van der Waals surface area contributed by atoms with Crippen LogP contribution in [0.2, 0.25) is 0 Å². The molecule has 0 aromatic heterocycles. The molecule has 1 N–H and O–H groups in total. The SMILES string of the molecule is CC1NCC(c2ccc3c(c2)OCO3)O1. The highest BCUT2D eigenvalue weighted by molar-refractivity contribution is 5.45. The summed E-state index contributed by atoms with van der Waals surface area (Å²) >= 11 is 0. The van der Waals surface area contributed by atoms with Gasteiger partial charge in [0, 0.05) is 6.54 Å². The minimum Gasteiger partial charge on any atom is -0.454 e. The highest BCUT2D eigenvalue weighted by Crippen LogP contribution is 2.35. The monoisotopic (exact) mass is 207 g/mol. The van der Waals surface area contributed by atoms with E-state index >= 15 is 0 Å². The smallest absolute Gasteiger partial charge is 0.231 e. The van der Waals surface area contributed by atoms with Crippen LogP contribution in [0.4, 0.5) is 0 Å². The van der Waals surface area contributed by atoms with E-state index in [9.17, 15) is 0 Å². The molecule has 2 aliphatic heterocycles. The van der Waals surface area contributed by atoms with Gasteiger partial charge in [0.2, 0.25) is 6.79 Å². The second kappa shape index (κ2) is 3.40. The van der Waals surface area contributed by atoms with Gasteiger partial charge in [-0.05, 0) is 24.6 Å². The van der Waals surface area contributed by atoms with E-state index in [0.717, 1.165) is 23.6 Å². The van der Waals surface area contributed by atoms with Gasteiger partial charge in [0.1, 0.15) is 6.23 Å². The number of rotatable bonds is 1. The van der Waals surface area contributed by atoms with E-state index in [2.05, 4.69) is 5.32 Å². The lowest BCUT2D eigenvalue weighted by Crippen LogP contribution is -2.17. The fourth-order valence-corrected chi connectivity index (χ4v) is 1.93. The lowest BCUT2D eigenvalue weighted by molar-refractivity contribution is 0.0528. The van der Waals surface area contributed by atoms with Crippen molar-refractivity contribution in [3.63, 3.8) is 0 Å². The second-order valence-corrected chi connectivity index (χ2v) is 3.79. The summed E-state index contributed by atoms with van der Waals surface area (Å²) in [6.45, 7) is 3.17. The Labute approximate surface area is 88.1 Å². The van der Waals surface area contributed by atoms with Crippen LogP contribution in [0.3, 0.4) is 0 Å². The third-order valence-corrected chi connectivity index (χ3v) is 2.73. The zero-order valence-electron chi connectivity index (χ0n) is 8.53. The Bertz CT molecular complexity index is 380. The molecule has 2 unspecified atom stereocenters. The van der Waals surface area contributed by atoms with Gasteiger partial charge >= 0.3 is 0 Å². The van der Waals surface area contributed by atoms with Crippen LogP contribution in [-0.2, 0) is 4.74 Å². The zero-order chi connectivity index (χ0) is 10.3. The summed E-state index contributed by atoms with van der Waals surface area (Å²) in [7, 11) is 0. The molecule has 3 rings (SSSR count). The van der Waals surface area contributed by atoms with Crippen molar-refractivity contribution < 1.29 is 14.2 Å². The van der Waals surface area contributed by atoms with Crippen LogP contribution in [0.1, 0.15) is 18.6 Å². The van der Waals surface area contributed by atoms with Crippen LogP contribution in [0, 0.1) is 0 Å². The van der Waals surface area contributed by atoms with Crippen molar-refractivity contribution in [2.75, 3.05) is 13.3 Å². The van der Waals surface area contributed by atoms with E-state index in [1.807, 2.05) is 25.1 Å². The van der Waals surface area contributed by atoms with E-state index in [1.165, 1.54) is 0 Å². The lowest BCUT2D eigenvalue weighted by atomic mass is 10.1. The van der Waals surface area contributed by atoms with Gasteiger partial charge in [-0.25, -0.2) is 0 Å². The quantitative estimate of drug-likeness (QED) is 0.756. The molecule has 80 valence electrons. The minimum absolute atomic E-state index is 0.120. The Morgan fingerprint density at radius 3 is 2.93 bits per heavy atom. The summed E-state index contributed by atoms with van der Waals surface area (Å²) < 4.78 is 16.3. The van der Waals surface area contributed by atoms with Crippen molar-refractivity contribution in [1.29, 1.82) is 0 Å². The Morgan fingerprint density at radius 2 is 2.13 bits per heavy atom. The van der Waals surface area contributed by atoms with Gasteiger partial charge in [-0.15, -0.1) is 0 Å². The maximum atomic E-state index is 5.70. The fraction of sp³-hybridized carbons (Fsp3) is 0.455. The van der Waals surface area contributed by atoms with Gasteiger partial charge in [0.15, 0.2) is 11.5 Å². The summed E-state index contributed by atoms with van der Waals surface area (Å²) in [5.41, 5.74) is 1.14. The van der Waals surface area contributed by atoms with Crippen LogP contribution in [-0.4, -0.2) is 19.6 Å². The molecule has 4 heteroatoms. The van der Waals surface area contributed by atoms with E-state index in [0.29, 0.717) is 6.79 Å². The molecule has 1 aromatic rings. The average molecular weight is 207 g/mol. The van der Waals surface area contributed by atoms with Crippen LogP contribution in [0.25, 0.3) is 0 Å². The molecular formula is C11H13NO3. The van der Waals surface area contributed by atoms with Gasteiger partial charge in [-0.1, -0.05) is 6.07 Å². The highest BCUT2D eigenvalue weighted by atomic mass is 16.7. The van der Waals surface area contributed by atoms with Crippen molar-refractivity contribution in [2.45, 2.75) is 19.3 Å². The maximum absolute atomic E-state index is 5.70. The predicted octanol–water partition coefficient (Wildman–Crippen LogP) is 1.42. The van der Waals surface area contributed by atoms with E-state index in [4.69, 9.17) is 14.2 Å². The molecule has 4 nitrogen and oxygen atoms in total.